The predicted octanol–water partition coefficient (Wildman–Crippen LogP) is 2.83. The van der Waals surface area contributed by atoms with Crippen LogP contribution in [0.2, 0.25) is 0 Å². The molecule has 1 aromatic rings. The Morgan fingerprint density at radius 3 is 2.82 bits per heavy atom. The van der Waals surface area contributed by atoms with Crippen LogP contribution < -0.4 is 10.6 Å². The van der Waals surface area contributed by atoms with E-state index in [2.05, 4.69) is 29.6 Å². The van der Waals surface area contributed by atoms with Crippen LogP contribution in [0.3, 0.4) is 0 Å². The van der Waals surface area contributed by atoms with Crippen molar-refractivity contribution in [3.63, 3.8) is 0 Å². The fourth-order valence-electron chi connectivity index (χ4n) is 4.24. The Balaban J connectivity index is 1.57. The molecule has 0 spiro atoms. The van der Waals surface area contributed by atoms with Gasteiger partial charge >= 0.3 is 0 Å². The molecule has 22 heavy (non-hydrogen) atoms. The molecule has 1 aliphatic heterocycles. The number of aryl methyl sites for hydroxylation is 1. The Labute approximate surface area is 137 Å². The lowest BCUT2D eigenvalue weighted by atomic mass is 9.90. The molecule has 1 saturated carbocycles. The van der Waals surface area contributed by atoms with E-state index >= 15 is 0 Å². The Morgan fingerprint density at radius 1 is 1.23 bits per heavy atom. The number of hydrogen-bond donors (Lipinski definition) is 2. The highest BCUT2D eigenvalue weighted by atomic mass is 32.1. The van der Waals surface area contributed by atoms with Crippen LogP contribution in [-0.4, -0.2) is 43.6 Å². The topological polar surface area (TPSA) is 39.7 Å². The minimum absolute atomic E-state index is 0.645. The monoisotopic (exact) mass is 318 g/mol. The molecule has 0 atom stereocenters. The van der Waals surface area contributed by atoms with Gasteiger partial charge in [0.05, 0.1) is 5.56 Å². The number of nitrogens with zero attached hydrogens (tertiary/aromatic N) is 2. The van der Waals surface area contributed by atoms with Crippen LogP contribution in [-0.2, 0) is 12.8 Å². The van der Waals surface area contributed by atoms with Crippen LogP contribution in [0.4, 0.5) is 5.00 Å². The maximum absolute atomic E-state index is 4.86. The summed E-state index contributed by atoms with van der Waals surface area (Å²) in [5.74, 6) is 1.25. The molecule has 3 aliphatic rings. The van der Waals surface area contributed by atoms with Gasteiger partial charge < -0.3 is 15.5 Å². The molecular formula is C17H26N4S. The first-order valence-electron chi connectivity index (χ1n) is 8.61. The summed E-state index contributed by atoms with van der Waals surface area (Å²) in [4.78, 5) is 8.94. The SMILES string of the molecule is CNC1CCC(N(C)C2=NCNc3sc4c(c32)CCC4)CC1. The molecular weight excluding hydrogens is 292 g/mol. The van der Waals surface area contributed by atoms with Crippen LogP contribution >= 0.6 is 11.3 Å². The molecule has 2 heterocycles. The van der Waals surface area contributed by atoms with E-state index in [0.717, 1.165) is 6.67 Å². The zero-order valence-corrected chi connectivity index (χ0v) is 14.4. The first-order chi connectivity index (χ1) is 10.8. The van der Waals surface area contributed by atoms with E-state index < -0.39 is 0 Å². The quantitative estimate of drug-likeness (QED) is 0.881. The van der Waals surface area contributed by atoms with Gasteiger partial charge in [0.25, 0.3) is 0 Å². The highest BCUT2D eigenvalue weighted by Gasteiger charge is 2.32. The van der Waals surface area contributed by atoms with Gasteiger partial charge in [0.2, 0.25) is 0 Å². The van der Waals surface area contributed by atoms with Crippen LogP contribution in [0.5, 0.6) is 0 Å². The van der Waals surface area contributed by atoms with Crippen molar-refractivity contribution in [1.82, 2.24) is 10.2 Å². The Hall–Kier alpha value is -1.07. The minimum Gasteiger partial charge on any atom is -0.357 e. The van der Waals surface area contributed by atoms with Gasteiger partial charge in [-0.1, -0.05) is 0 Å². The van der Waals surface area contributed by atoms with E-state index in [1.165, 1.54) is 61.3 Å². The molecule has 0 unspecified atom stereocenters. The molecule has 120 valence electrons. The van der Waals surface area contributed by atoms with Gasteiger partial charge in [0.1, 0.15) is 17.5 Å². The van der Waals surface area contributed by atoms with E-state index in [-0.39, 0.29) is 0 Å². The van der Waals surface area contributed by atoms with E-state index in [1.54, 1.807) is 10.4 Å². The lowest BCUT2D eigenvalue weighted by Gasteiger charge is -2.37. The van der Waals surface area contributed by atoms with Gasteiger partial charge in [0.15, 0.2) is 0 Å². The number of nitrogens with one attached hydrogen (secondary N) is 2. The molecule has 4 rings (SSSR count). The third kappa shape index (κ3) is 2.35. The predicted molar refractivity (Wildman–Crippen MR) is 94.2 cm³/mol. The Bertz CT molecular complexity index is 584. The summed E-state index contributed by atoms with van der Waals surface area (Å²) in [6, 6.07) is 1.35. The summed E-state index contributed by atoms with van der Waals surface area (Å²) in [7, 11) is 4.35. The number of thiophene rings is 1. The maximum atomic E-state index is 4.86. The van der Waals surface area contributed by atoms with E-state index in [0.29, 0.717) is 12.1 Å². The second-order valence-corrected chi connectivity index (χ2v) is 7.89. The van der Waals surface area contributed by atoms with Crippen molar-refractivity contribution in [3.8, 4) is 0 Å². The van der Waals surface area contributed by atoms with Crippen LogP contribution in [0, 0.1) is 0 Å². The summed E-state index contributed by atoms with van der Waals surface area (Å²) in [5, 5.41) is 8.29. The van der Waals surface area contributed by atoms with Crippen LogP contribution in [0.25, 0.3) is 0 Å². The van der Waals surface area contributed by atoms with Gasteiger partial charge in [0, 0.05) is 24.0 Å². The first-order valence-corrected chi connectivity index (χ1v) is 9.43. The summed E-state index contributed by atoms with van der Waals surface area (Å²) in [6.45, 7) is 0.734. The summed E-state index contributed by atoms with van der Waals surface area (Å²) < 4.78 is 0. The first kappa shape index (κ1) is 14.5. The standard InChI is InChI=1S/C17H26N4S/c1-18-11-6-8-12(9-7-11)21(2)16-15-13-4-3-5-14(13)22-17(15)20-10-19-16/h11-12,18,20H,3-10H2,1-2H3. The fraction of sp³-hybridized carbons (Fsp3) is 0.706. The number of fused-ring (bicyclic) bond motifs is 3. The number of hydrogen-bond acceptors (Lipinski definition) is 5. The highest BCUT2D eigenvalue weighted by molar-refractivity contribution is 7.16. The zero-order chi connectivity index (χ0) is 15.1. The van der Waals surface area contributed by atoms with Gasteiger partial charge in [-0.3, -0.25) is 0 Å². The van der Waals surface area contributed by atoms with E-state index in [4.69, 9.17) is 4.99 Å². The molecule has 2 aliphatic carbocycles. The van der Waals surface area contributed by atoms with Crippen molar-refractivity contribution in [2.75, 3.05) is 26.1 Å². The molecule has 4 nitrogen and oxygen atoms in total. The number of anilines is 1. The molecule has 5 heteroatoms. The second kappa shape index (κ2) is 5.85. The third-order valence-corrected chi connectivity index (χ3v) is 6.85. The normalized spacial score (nSPS) is 26.9. The molecule has 1 fully saturated rings. The zero-order valence-electron chi connectivity index (χ0n) is 13.6. The third-order valence-electron chi connectivity index (χ3n) is 5.60. The maximum Gasteiger partial charge on any atom is 0.136 e. The van der Waals surface area contributed by atoms with Crippen molar-refractivity contribution >= 4 is 22.2 Å². The number of aliphatic imine (C=N–C) groups is 1. The van der Waals surface area contributed by atoms with Crippen molar-refractivity contribution in [2.45, 2.75) is 57.0 Å². The van der Waals surface area contributed by atoms with Crippen LogP contribution in [0.1, 0.15) is 48.1 Å². The fourth-order valence-corrected chi connectivity index (χ4v) is 5.52. The van der Waals surface area contributed by atoms with Gasteiger partial charge in [-0.05, 0) is 57.6 Å². The minimum atomic E-state index is 0.645. The largest absolute Gasteiger partial charge is 0.357 e. The average molecular weight is 318 g/mol. The number of amidine groups is 1. The summed E-state index contributed by atoms with van der Waals surface area (Å²) >= 11 is 1.97. The summed E-state index contributed by atoms with van der Waals surface area (Å²) in [6.07, 6.45) is 8.93. The number of rotatable bonds is 2. The van der Waals surface area contributed by atoms with Gasteiger partial charge in [-0.2, -0.15) is 0 Å². The lowest BCUT2D eigenvalue weighted by molar-refractivity contribution is 0.248. The molecule has 2 N–H and O–H groups in total. The smallest absolute Gasteiger partial charge is 0.136 e. The Morgan fingerprint density at radius 2 is 2.05 bits per heavy atom. The van der Waals surface area contributed by atoms with Gasteiger partial charge in [-0.15, -0.1) is 11.3 Å². The molecule has 0 radical (unpaired) electrons. The second-order valence-electron chi connectivity index (χ2n) is 6.78. The molecule has 0 saturated heterocycles. The summed E-state index contributed by atoms with van der Waals surface area (Å²) in [5.41, 5.74) is 3.02. The van der Waals surface area contributed by atoms with E-state index in [9.17, 15) is 0 Å². The molecule has 0 amide bonds. The molecule has 0 bridgehead atoms. The van der Waals surface area contributed by atoms with Crippen molar-refractivity contribution < 1.29 is 0 Å². The lowest BCUT2D eigenvalue weighted by Crippen LogP contribution is -2.44. The molecule has 0 aromatic carbocycles. The van der Waals surface area contributed by atoms with Crippen molar-refractivity contribution in [3.05, 3.63) is 16.0 Å². The average Bonchev–Trinajstić information content (AvgIpc) is 3.14. The van der Waals surface area contributed by atoms with Gasteiger partial charge in [-0.25, -0.2) is 4.99 Å². The highest BCUT2D eigenvalue weighted by Crippen LogP contribution is 2.41. The Kier molecular flexibility index (Phi) is 3.86. The van der Waals surface area contributed by atoms with Crippen LogP contribution in [0.15, 0.2) is 4.99 Å². The van der Waals surface area contributed by atoms with Crippen molar-refractivity contribution in [2.24, 2.45) is 4.99 Å². The van der Waals surface area contributed by atoms with Crippen molar-refractivity contribution in [1.29, 1.82) is 0 Å². The molecule has 1 aromatic heterocycles. The van der Waals surface area contributed by atoms with E-state index in [1.807, 2.05) is 11.3 Å².